The van der Waals surface area contributed by atoms with Crippen molar-refractivity contribution in [2.75, 3.05) is 0 Å². The van der Waals surface area contributed by atoms with Crippen molar-refractivity contribution in [3.63, 3.8) is 0 Å². The topological polar surface area (TPSA) is 38.4 Å². The molecule has 0 spiro atoms. The molecule has 0 unspecified atom stereocenters. The Kier molecular flexibility index (Phi) is 2.05. The molecule has 2 heteroatoms. The first-order valence-electron chi connectivity index (χ1n) is 3.06. The zero-order valence-electron chi connectivity index (χ0n) is 5.83. The third-order valence-electron chi connectivity index (χ3n) is 1.23. The summed E-state index contributed by atoms with van der Waals surface area (Å²) in [6.45, 7) is 2.03. The maximum absolute atomic E-state index is 4.98. The average Bonchev–Trinajstić information content (AvgIpc) is 1.95. The van der Waals surface area contributed by atoms with Crippen LogP contribution in [0, 0.1) is 6.92 Å². The quantitative estimate of drug-likeness (QED) is 0.352. The molecule has 0 aliphatic heterocycles. The fourth-order valence-electron chi connectivity index (χ4n) is 0.694. The fourth-order valence-corrected chi connectivity index (χ4v) is 0.694. The van der Waals surface area contributed by atoms with Crippen LogP contribution in [-0.2, 0) is 0 Å². The van der Waals surface area contributed by atoms with E-state index < -0.39 is 0 Å². The third-order valence-corrected chi connectivity index (χ3v) is 1.23. The number of benzene rings is 1. The lowest BCUT2D eigenvalue weighted by Crippen LogP contribution is -1.85. The van der Waals surface area contributed by atoms with Gasteiger partial charge in [0.2, 0.25) is 0 Å². The summed E-state index contributed by atoms with van der Waals surface area (Å²) in [5, 5.41) is 0. The SMILES string of the molecule is Cc1ccc(/N=[C]/N)cc1. The van der Waals surface area contributed by atoms with Crippen LogP contribution < -0.4 is 5.73 Å². The van der Waals surface area contributed by atoms with E-state index in [1.165, 1.54) is 5.56 Å². The van der Waals surface area contributed by atoms with Gasteiger partial charge in [-0.15, -0.1) is 0 Å². The summed E-state index contributed by atoms with van der Waals surface area (Å²) in [4.78, 5) is 3.78. The number of aryl methyl sites for hydroxylation is 1. The molecule has 0 amide bonds. The molecule has 2 N–H and O–H groups in total. The molecule has 0 heterocycles. The molecule has 0 bridgehead atoms. The summed E-state index contributed by atoms with van der Waals surface area (Å²) >= 11 is 0. The molecular formula is C8H9N2. The molecule has 0 fully saturated rings. The lowest BCUT2D eigenvalue weighted by molar-refractivity contribution is 1.43. The Morgan fingerprint density at radius 2 is 1.90 bits per heavy atom. The Labute approximate surface area is 60.4 Å². The lowest BCUT2D eigenvalue weighted by atomic mass is 10.2. The molecule has 1 rings (SSSR count). The van der Waals surface area contributed by atoms with Gasteiger partial charge < -0.3 is 5.73 Å². The van der Waals surface area contributed by atoms with Gasteiger partial charge in [0.25, 0.3) is 0 Å². The summed E-state index contributed by atoms with van der Waals surface area (Å²) in [6.07, 6.45) is 2.23. The predicted octanol–water partition coefficient (Wildman–Crippen LogP) is 1.49. The molecule has 2 nitrogen and oxygen atoms in total. The highest BCUT2D eigenvalue weighted by Crippen LogP contribution is 2.10. The highest BCUT2D eigenvalue weighted by Gasteiger charge is 1.84. The van der Waals surface area contributed by atoms with E-state index in [-0.39, 0.29) is 0 Å². The zero-order chi connectivity index (χ0) is 7.40. The summed E-state index contributed by atoms with van der Waals surface area (Å²) in [5.41, 5.74) is 7.04. The van der Waals surface area contributed by atoms with Crippen LogP contribution in [0.3, 0.4) is 0 Å². The summed E-state index contributed by atoms with van der Waals surface area (Å²) in [7, 11) is 0. The first kappa shape index (κ1) is 6.81. The largest absolute Gasteiger partial charge is 0.381 e. The van der Waals surface area contributed by atoms with Crippen molar-refractivity contribution >= 4 is 12.0 Å². The number of hydrogen-bond donors (Lipinski definition) is 1. The van der Waals surface area contributed by atoms with Crippen LogP contribution in [0.1, 0.15) is 5.56 Å². The molecule has 51 valence electrons. The van der Waals surface area contributed by atoms with Crippen LogP contribution in [0.25, 0.3) is 0 Å². The van der Waals surface area contributed by atoms with E-state index in [4.69, 9.17) is 5.73 Å². The lowest BCUT2D eigenvalue weighted by Gasteiger charge is -1.91. The maximum Gasteiger partial charge on any atom is 0.166 e. The molecular weight excluding hydrogens is 124 g/mol. The average molecular weight is 133 g/mol. The molecule has 1 radical (unpaired) electrons. The van der Waals surface area contributed by atoms with Crippen molar-refractivity contribution in [3.05, 3.63) is 29.8 Å². The highest BCUT2D eigenvalue weighted by molar-refractivity contribution is 5.58. The zero-order valence-corrected chi connectivity index (χ0v) is 5.83. The minimum atomic E-state index is 0.841. The standard InChI is InChI=1S/C8H9N2/c1-7-2-4-8(5-3-7)10-6-9/h2-5H,1H3,(H2,9,10). The molecule has 1 aromatic rings. The Hall–Kier alpha value is -1.31. The first-order valence-corrected chi connectivity index (χ1v) is 3.06. The molecule has 0 saturated heterocycles. The minimum Gasteiger partial charge on any atom is -0.381 e. The van der Waals surface area contributed by atoms with Crippen molar-refractivity contribution in [1.29, 1.82) is 0 Å². The van der Waals surface area contributed by atoms with E-state index in [0.717, 1.165) is 5.69 Å². The van der Waals surface area contributed by atoms with Crippen LogP contribution in [0.15, 0.2) is 29.3 Å². The fraction of sp³-hybridized carbons (Fsp3) is 0.125. The smallest absolute Gasteiger partial charge is 0.166 e. The number of hydrogen-bond acceptors (Lipinski definition) is 1. The van der Waals surface area contributed by atoms with E-state index in [9.17, 15) is 0 Å². The Morgan fingerprint density at radius 1 is 1.30 bits per heavy atom. The molecule has 0 aliphatic rings. The van der Waals surface area contributed by atoms with Crippen molar-refractivity contribution in [2.24, 2.45) is 10.7 Å². The van der Waals surface area contributed by atoms with Crippen molar-refractivity contribution in [2.45, 2.75) is 6.92 Å². The second-order valence-corrected chi connectivity index (χ2v) is 2.08. The number of rotatable bonds is 1. The Balaban J connectivity index is 2.89. The van der Waals surface area contributed by atoms with Gasteiger partial charge in [-0.05, 0) is 19.1 Å². The molecule has 0 saturated carbocycles. The van der Waals surface area contributed by atoms with Crippen molar-refractivity contribution in [1.82, 2.24) is 0 Å². The van der Waals surface area contributed by atoms with Gasteiger partial charge in [0.1, 0.15) is 0 Å². The van der Waals surface area contributed by atoms with Gasteiger partial charge >= 0.3 is 0 Å². The second kappa shape index (κ2) is 3.01. The van der Waals surface area contributed by atoms with Crippen molar-refractivity contribution < 1.29 is 0 Å². The molecule has 0 aromatic heterocycles. The number of aliphatic imine (C=N–C) groups is 1. The number of nitrogens with zero attached hydrogens (tertiary/aromatic N) is 1. The van der Waals surface area contributed by atoms with Crippen LogP contribution in [0.2, 0.25) is 0 Å². The molecule has 0 atom stereocenters. The van der Waals surface area contributed by atoms with Gasteiger partial charge in [0.15, 0.2) is 6.34 Å². The van der Waals surface area contributed by atoms with E-state index in [1.807, 2.05) is 31.2 Å². The van der Waals surface area contributed by atoms with Gasteiger partial charge in [0.05, 0.1) is 5.69 Å². The Bertz CT molecular complexity index is 224. The number of nitrogens with two attached hydrogens (primary N) is 1. The van der Waals surface area contributed by atoms with Gasteiger partial charge in [-0.1, -0.05) is 17.7 Å². The highest BCUT2D eigenvalue weighted by atomic mass is 14.8. The van der Waals surface area contributed by atoms with Gasteiger partial charge in [-0.3, -0.25) is 0 Å². The monoisotopic (exact) mass is 133 g/mol. The van der Waals surface area contributed by atoms with E-state index in [1.54, 1.807) is 0 Å². The van der Waals surface area contributed by atoms with Crippen LogP contribution in [0.4, 0.5) is 5.69 Å². The van der Waals surface area contributed by atoms with E-state index in [0.29, 0.717) is 0 Å². The minimum absolute atomic E-state index is 0.841. The first-order chi connectivity index (χ1) is 4.83. The van der Waals surface area contributed by atoms with Crippen molar-refractivity contribution in [3.8, 4) is 0 Å². The summed E-state index contributed by atoms with van der Waals surface area (Å²) < 4.78 is 0. The molecule has 0 aliphatic carbocycles. The van der Waals surface area contributed by atoms with Gasteiger partial charge in [0, 0.05) is 0 Å². The summed E-state index contributed by atoms with van der Waals surface area (Å²) in [6, 6.07) is 7.76. The van der Waals surface area contributed by atoms with Gasteiger partial charge in [-0.25, -0.2) is 4.99 Å². The van der Waals surface area contributed by atoms with Gasteiger partial charge in [-0.2, -0.15) is 0 Å². The third kappa shape index (κ3) is 1.58. The van der Waals surface area contributed by atoms with Crippen LogP contribution >= 0.6 is 0 Å². The van der Waals surface area contributed by atoms with E-state index >= 15 is 0 Å². The molecule has 10 heavy (non-hydrogen) atoms. The van der Waals surface area contributed by atoms with E-state index in [2.05, 4.69) is 11.3 Å². The second-order valence-electron chi connectivity index (χ2n) is 2.08. The predicted molar refractivity (Wildman–Crippen MR) is 42.5 cm³/mol. The normalized spacial score (nSPS) is 10.5. The van der Waals surface area contributed by atoms with Crippen LogP contribution in [0.5, 0.6) is 0 Å². The Morgan fingerprint density at radius 3 is 2.40 bits per heavy atom. The maximum atomic E-state index is 4.98. The summed E-state index contributed by atoms with van der Waals surface area (Å²) in [5.74, 6) is 0. The molecule has 1 aromatic carbocycles. The van der Waals surface area contributed by atoms with Crippen LogP contribution in [-0.4, -0.2) is 6.34 Å².